The molecular weight excluding hydrogens is 372 g/mol. The van der Waals surface area contributed by atoms with E-state index in [1.54, 1.807) is 30.1 Å². The number of halogens is 1. The minimum absolute atomic E-state index is 0.272. The molecule has 1 amide bonds. The van der Waals surface area contributed by atoms with Gasteiger partial charge in [-0.15, -0.1) is 0 Å². The zero-order chi connectivity index (χ0) is 19.7. The molecule has 28 heavy (non-hydrogen) atoms. The monoisotopic (exact) mass is 390 g/mol. The molecule has 1 aliphatic heterocycles. The quantitative estimate of drug-likeness (QED) is 0.726. The number of benzodiazepines with no additional fused rings is 1. The van der Waals surface area contributed by atoms with Gasteiger partial charge in [-0.3, -0.25) is 9.79 Å². The Bertz CT molecular complexity index is 1030. The standard InChI is InChI=1S/C23H19ClN2O2/c1-26-19-13-12-17(24)14-18(19)20(15-8-4-2-5-9-15)25-21(23(26)28)22(27)16-10-6-3-7-11-16/h2-14,21-22,27H,1H3/t21-,22-/m0/s1. The Morgan fingerprint density at radius 3 is 2.32 bits per heavy atom. The number of nitrogens with zero attached hydrogens (tertiary/aromatic N) is 2. The van der Waals surface area contributed by atoms with Gasteiger partial charge in [0, 0.05) is 23.2 Å². The molecule has 3 aromatic rings. The molecule has 0 aliphatic carbocycles. The zero-order valence-corrected chi connectivity index (χ0v) is 16.0. The summed E-state index contributed by atoms with van der Waals surface area (Å²) in [7, 11) is 1.70. The summed E-state index contributed by atoms with van der Waals surface area (Å²) in [5.41, 5.74) is 3.61. The number of likely N-dealkylation sites (N-methyl/N-ethyl adjacent to an activating group) is 1. The molecule has 4 nitrogen and oxygen atoms in total. The highest BCUT2D eigenvalue weighted by Gasteiger charge is 2.35. The van der Waals surface area contributed by atoms with E-state index in [1.807, 2.05) is 60.7 Å². The number of carbonyl (C=O) groups excluding carboxylic acids is 1. The third-order valence-corrected chi connectivity index (χ3v) is 5.15. The lowest BCUT2D eigenvalue weighted by Gasteiger charge is -2.23. The lowest BCUT2D eigenvalue weighted by Crippen LogP contribution is -2.38. The van der Waals surface area contributed by atoms with Gasteiger partial charge in [-0.05, 0) is 23.8 Å². The number of aliphatic hydroxyl groups excluding tert-OH is 1. The molecule has 5 heteroatoms. The molecule has 0 fully saturated rings. The summed E-state index contributed by atoms with van der Waals surface area (Å²) in [6, 6.07) is 23.2. The minimum atomic E-state index is -1.06. The van der Waals surface area contributed by atoms with Crippen LogP contribution in [0.25, 0.3) is 0 Å². The van der Waals surface area contributed by atoms with Crippen molar-refractivity contribution in [3.63, 3.8) is 0 Å². The smallest absolute Gasteiger partial charge is 0.254 e. The van der Waals surface area contributed by atoms with Crippen LogP contribution in [0.2, 0.25) is 5.02 Å². The average molecular weight is 391 g/mol. The van der Waals surface area contributed by atoms with E-state index in [9.17, 15) is 9.90 Å². The minimum Gasteiger partial charge on any atom is -0.386 e. The second-order valence-corrected chi connectivity index (χ2v) is 7.14. The molecular formula is C23H19ClN2O2. The van der Waals surface area contributed by atoms with Crippen LogP contribution in [-0.4, -0.2) is 29.8 Å². The Morgan fingerprint density at radius 1 is 1.00 bits per heavy atom. The Morgan fingerprint density at radius 2 is 1.64 bits per heavy atom. The van der Waals surface area contributed by atoms with Crippen molar-refractivity contribution in [2.75, 3.05) is 11.9 Å². The molecule has 140 valence electrons. The summed E-state index contributed by atoms with van der Waals surface area (Å²) in [5, 5.41) is 11.5. The van der Waals surface area contributed by atoms with Crippen molar-refractivity contribution in [2.45, 2.75) is 12.1 Å². The summed E-state index contributed by atoms with van der Waals surface area (Å²) in [4.78, 5) is 19.5. The lowest BCUT2D eigenvalue weighted by molar-refractivity contribution is -0.121. The number of carbonyl (C=O) groups is 1. The van der Waals surface area contributed by atoms with Crippen LogP contribution in [0, 0.1) is 0 Å². The van der Waals surface area contributed by atoms with Crippen LogP contribution >= 0.6 is 11.6 Å². The van der Waals surface area contributed by atoms with Crippen LogP contribution in [0.4, 0.5) is 5.69 Å². The molecule has 3 aromatic carbocycles. The van der Waals surface area contributed by atoms with E-state index in [0.717, 1.165) is 11.1 Å². The van der Waals surface area contributed by atoms with Crippen molar-refractivity contribution >= 4 is 28.9 Å². The predicted octanol–water partition coefficient (Wildman–Crippen LogP) is 4.26. The van der Waals surface area contributed by atoms with Crippen LogP contribution in [-0.2, 0) is 4.79 Å². The van der Waals surface area contributed by atoms with Crippen LogP contribution < -0.4 is 4.90 Å². The van der Waals surface area contributed by atoms with Crippen LogP contribution in [0.1, 0.15) is 22.8 Å². The largest absolute Gasteiger partial charge is 0.386 e. The summed E-state index contributed by atoms with van der Waals surface area (Å²) in [6.45, 7) is 0. The fourth-order valence-corrected chi connectivity index (χ4v) is 3.61. The van der Waals surface area contributed by atoms with Crippen LogP contribution in [0.5, 0.6) is 0 Å². The SMILES string of the molecule is CN1C(=O)[C@H]([C@@H](O)c2ccccc2)N=C(c2ccccc2)c2cc(Cl)ccc21. The maximum absolute atomic E-state index is 13.2. The van der Waals surface area contributed by atoms with E-state index < -0.39 is 12.1 Å². The van der Waals surface area contributed by atoms with Gasteiger partial charge < -0.3 is 10.0 Å². The molecule has 1 N–H and O–H groups in total. The third kappa shape index (κ3) is 3.33. The van der Waals surface area contributed by atoms with Crippen molar-refractivity contribution in [1.82, 2.24) is 0 Å². The maximum Gasteiger partial charge on any atom is 0.254 e. The van der Waals surface area contributed by atoms with Crippen molar-refractivity contribution in [1.29, 1.82) is 0 Å². The molecule has 1 aliphatic rings. The van der Waals surface area contributed by atoms with E-state index in [1.165, 1.54) is 0 Å². The summed E-state index contributed by atoms with van der Waals surface area (Å²) < 4.78 is 0. The summed E-state index contributed by atoms with van der Waals surface area (Å²) >= 11 is 6.25. The van der Waals surface area contributed by atoms with Gasteiger partial charge in [0.25, 0.3) is 5.91 Å². The van der Waals surface area contributed by atoms with Gasteiger partial charge in [0.15, 0.2) is 6.04 Å². The van der Waals surface area contributed by atoms with E-state index in [-0.39, 0.29) is 5.91 Å². The van der Waals surface area contributed by atoms with Crippen molar-refractivity contribution in [2.24, 2.45) is 4.99 Å². The molecule has 0 radical (unpaired) electrons. The Labute approximate surface area is 168 Å². The van der Waals surface area contributed by atoms with E-state index >= 15 is 0 Å². The molecule has 0 spiro atoms. The normalized spacial score (nSPS) is 17.5. The van der Waals surface area contributed by atoms with Gasteiger partial charge in [0.2, 0.25) is 0 Å². The van der Waals surface area contributed by atoms with Gasteiger partial charge in [-0.1, -0.05) is 72.3 Å². The Kier molecular flexibility index (Phi) is 4.99. The Balaban J connectivity index is 1.92. The number of aliphatic imine (C=N–C) groups is 1. The first kappa shape index (κ1) is 18.4. The first-order chi connectivity index (χ1) is 13.6. The second kappa shape index (κ2) is 7.58. The van der Waals surface area contributed by atoms with Crippen molar-refractivity contribution in [3.8, 4) is 0 Å². The summed E-state index contributed by atoms with van der Waals surface area (Å²) in [6.07, 6.45) is -1.06. The average Bonchev–Trinajstić information content (AvgIpc) is 2.84. The highest BCUT2D eigenvalue weighted by Crippen LogP contribution is 2.33. The number of anilines is 1. The second-order valence-electron chi connectivity index (χ2n) is 6.70. The highest BCUT2D eigenvalue weighted by atomic mass is 35.5. The number of hydrogen-bond acceptors (Lipinski definition) is 3. The molecule has 4 rings (SSSR count). The fraction of sp³-hybridized carbons (Fsp3) is 0.130. The van der Waals surface area contributed by atoms with E-state index in [0.29, 0.717) is 22.0 Å². The first-order valence-electron chi connectivity index (χ1n) is 9.00. The van der Waals surface area contributed by atoms with Gasteiger partial charge in [-0.25, -0.2) is 0 Å². The molecule has 0 saturated carbocycles. The van der Waals surface area contributed by atoms with Gasteiger partial charge in [0.1, 0.15) is 6.10 Å². The van der Waals surface area contributed by atoms with Gasteiger partial charge >= 0.3 is 0 Å². The van der Waals surface area contributed by atoms with Gasteiger partial charge in [-0.2, -0.15) is 0 Å². The zero-order valence-electron chi connectivity index (χ0n) is 15.3. The van der Waals surface area contributed by atoms with E-state index in [4.69, 9.17) is 16.6 Å². The van der Waals surface area contributed by atoms with Crippen molar-refractivity contribution < 1.29 is 9.90 Å². The van der Waals surface area contributed by atoms with Gasteiger partial charge in [0.05, 0.1) is 11.4 Å². The molecule has 0 bridgehead atoms. The van der Waals surface area contributed by atoms with E-state index in [2.05, 4.69) is 0 Å². The number of aliphatic hydroxyl groups is 1. The topological polar surface area (TPSA) is 52.9 Å². The highest BCUT2D eigenvalue weighted by molar-refractivity contribution is 6.32. The first-order valence-corrected chi connectivity index (χ1v) is 9.38. The molecule has 2 atom stereocenters. The van der Waals surface area contributed by atoms with Crippen LogP contribution in [0.15, 0.2) is 83.9 Å². The number of hydrogen-bond donors (Lipinski definition) is 1. The molecule has 0 aromatic heterocycles. The predicted molar refractivity (Wildman–Crippen MR) is 112 cm³/mol. The number of rotatable bonds is 3. The molecule has 0 saturated heterocycles. The Hall–Kier alpha value is -2.95. The van der Waals surface area contributed by atoms with Crippen molar-refractivity contribution in [3.05, 3.63) is 101 Å². The third-order valence-electron chi connectivity index (χ3n) is 4.91. The lowest BCUT2D eigenvalue weighted by atomic mass is 9.99. The summed E-state index contributed by atoms with van der Waals surface area (Å²) in [5.74, 6) is -0.272. The molecule has 0 unspecified atom stereocenters. The maximum atomic E-state index is 13.2. The number of amides is 1. The fourth-order valence-electron chi connectivity index (χ4n) is 3.44. The van der Waals surface area contributed by atoms with Crippen LogP contribution in [0.3, 0.4) is 0 Å². The number of fused-ring (bicyclic) bond motifs is 1. The molecule has 1 heterocycles. The number of benzene rings is 3.